The molecule has 5 nitrogen and oxygen atoms in total. The second-order valence-electron chi connectivity index (χ2n) is 6.65. The number of carbonyl (C=O) groups is 1. The molecule has 1 amide bonds. The Morgan fingerprint density at radius 1 is 1.11 bits per heavy atom. The van der Waals surface area contributed by atoms with E-state index in [1.165, 1.54) is 12.1 Å². The smallest absolute Gasteiger partial charge is 0.262 e. The van der Waals surface area contributed by atoms with E-state index in [2.05, 4.69) is 10.3 Å². The van der Waals surface area contributed by atoms with Gasteiger partial charge in [-0.05, 0) is 54.9 Å². The lowest BCUT2D eigenvalue weighted by Crippen LogP contribution is -2.23. The quantitative estimate of drug-likeness (QED) is 0.443. The number of hydrogen-bond acceptors (Lipinski definition) is 3. The molecule has 0 aliphatic heterocycles. The van der Waals surface area contributed by atoms with Gasteiger partial charge < -0.3 is 10.3 Å². The number of halogens is 1. The van der Waals surface area contributed by atoms with Crippen molar-refractivity contribution in [2.75, 3.05) is 0 Å². The molecule has 3 rings (SSSR count). The van der Waals surface area contributed by atoms with Gasteiger partial charge in [-0.1, -0.05) is 30.7 Å². The highest BCUT2D eigenvalue weighted by Gasteiger charge is 2.06. The normalized spacial score (nSPS) is 10.9. The highest BCUT2D eigenvalue weighted by atomic mass is 32.1. The Morgan fingerprint density at radius 3 is 2.75 bits per heavy atom. The molecule has 2 N–H and O–H groups in total. The van der Waals surface area contributed by atoms with Gasteiger partial charge in [0.05, 0.1) is 10.9 Å². The van der Waals surface area contributed by atoms with Crippen LogP contribution < -0.4 is 10.9 Å². The predicted molar refractivity (Wildman–Crippen MR) is 110 cm³/mol. The molecule has 3 aromatic rings. The molecule has 1 heterocycles. The average Bonchev–Trinajstić information content (AvgIpc) is 2.68. The third-order valence-electron chi connectivity index (χ3n) is 4.55. The molecule has 28 heavy (non-hydrogen) atoms. The van der Waals surface area contributed by atoms with E-state index in [0.29, 0.717) is 36.1 Å². The van der Waals surface area contributed by atoms with Gasteiger partial charge in [-0.25, -0.2) is 4.39 Å². The minimum absolute atomic E-state index is 0.0653. The van der Waals surface area contributed by atoms with Crippen molar-refractivity contribution in [3.63, 3.8) is 0 Å². The summed E-state index contributed by atoms with van der Waals surface area (Å²) in [7, 11) is 0. The van der Waals surface area contributed by atoms with Crippen molar-refractivity contribution in [3.8, 4) is 0 Å². The van der Waals surface area contributed by atoms with Gasteiger partial charge in [0.2, 0.25) is 5.91 Å². The number of benzene rings is 2. The van der Waals surface area contributed by atoms with Gasteiger partial charge in [-0.3, -0.25) is 14.2 Å². The lowest BCUT2D eigenvalue weighted by molar-refractivity contribution is -0.121. The first-order chi connectivity index (χ1) is 13.5. The van der Waals surface area contributed by atoms with Crippen LogP contribution in [0.5, 0.6) is 0 Å². The summed E-state index contributed by atoms with van der Waals surface area (Å²) in [4.78, 5) is 27.5. The summed E-state index contributed by atoms with van der Waals surface area (Å²) in [6.07, 6.45) is 2.68. The van der Waals surface area contributed by atoms with Crippen molar-refractivity contribution in [2.24, 2.45) is 0 Å². The number of nitrogens with one attached hydrogen (secondary N) is 2. The van der Waals surface area contributed by atoms with Gasteiger partial charge in [0.1, 0.15) is 5.82 Å². The van der Waals surface area contributed by atoms with Crippen molar-refractivity contribution in [1.29, 1.82) is 0 Å². The standard InChI is InChI=1S/C21H22FN3O2S/c22-16-8-6-7-15(13-16)14-23-19(26)11-2-1-5-12-25-20(27)17-9-3-4-10-18(17)24-21(25)28/h3-4,6-10,13H,1-2,5,11-12,14H2,(H,23,26)(H,24,28). The SMILES string of the molecule is O=C(CCCCCn1c(=S)[nH]c2ccccc2c1=O)NCc1cccc(F)c1. The number of nitrogens with zero attached hydrogens (tertiary/aromatic N) is 1. The Morgan fingerprint density at radius 2 is 1.93 bits per heavy atom. The topological polar surface area (TPSA) is 66.9 Å². The molecule has 0 atom stereocenters. The summed E-state index contributed by atoms with van der Waals surface area (Å²) in [5.41, 5.74) is 1.38. The Bertz CT molecular complexity index is 1090. The maximum Gasteiger partial charge on any atom is 0.262 e. The van der Waals surface area contributed by atoms with Crippen LogP contribution in [0.25, 0.3) is 10.9 Å². The first-order valence-electron chi connectivity index (χ1n) is 9.27. The highest BCUT2D eigenvalue weighted by molar-refractivity contribution is 7.71. The predicted octanol–water partition coefficient (Wildman–Crippen LogP) is 4.07. The maximum absolute atomic E-state index is 13.1. The lowest BCUT2D eigenvalue weighted by atomic mass is 10.1. The van der Waals surface area contributed by atoms with Crippen molar-refractivity contribution < 1.29 is 9.18 Å². The van der Waals surface area contributed by atoms with Crippen molar-refractivity contribution in [2.45, 2.75) is 38.8 Å². The average molecular weight is 399 g/mol. The summed E-state index contributed by atoms with van der Waals surface area (Å²) in [6, 6.07) is 13.5. The Hall–Kier alpha value is -2.80. The number of para-hydroxylation sites is 1. The van der Waals surface area contributed by atoms with E-state index < -0.39 is 0 Å². The summed E-state index contributed by atoms with van der Waals surface area (Å²) in [5, 5.41) is 3.41. The third kappa shape index (κ3) is 5.13. The van der Waals surface area contributed by atoms with Crippen molar-refractivity contribution >= 4 is 29.0 Å². The van der Waals surface area contributed by atoms with Gasteiger partial charge in [-0.15, -0.1) is 0 Å². The van der Waals surface area contributed by atoms with Crippen molar-refractivity contribution in [1.82, 2.24) is 14.9 Å². The fourth-order valence-corrected chi connectivity index (χ4v) is 3.35. The van der Waals surface area contributed by atoms with E-state index in [1.54, 1.807) is 22.8 Å². The van der Waals surface area contributed by atoms with E-state index in [-0.39, 0.29) is 17.3 Å². The fraction of sp³-hybridized carbons (Fsp3) is 0.286. The minimum Gasteiger partial charge on any atom is -0.352 e. The zero-order valence-electron chi connectivity index (χ0n) is 15.4. The number of unbranched alkanes of at least 4 members (excludes halogenated alkanes) is 2. The second kappa shape index (κ2) is 9.41. The monoisotopic (exact) mass is 399 g/mol. The van der Waals surface area contributed by atoms with Gasteiger partial charge in [0.15, 0.2) is 4.77 Å². The molecule has 0 aliphatic rings. The van der Waals surface area contributed by atoms with Crippen LogP contribution in [0.15, 0.2) is 53.3 Å². The third-order valence-corrected chi connectivity index (χ3v) is 4.88. The molecular formula is C21H22FN3O2S. The molecule has 7 heteroatoms. The number of aromatic nitrogens is 2. The zero-order chi connectivity index (χ0) is 19.9. The van der Waals surface area contributed by atoms with Gasteiger partial charge >= 0.3 is 0 Å². The van der Waals surface area contributed by atoms with Crippen LogP contribution in [0.1, 0.15) is 31.2 Å². The Balaban J connectivity index is 1.44. The van der Waals surface area contributed by atoms with E-state index >= 15 is 0 Å². The van der Waals surface area contributed by atoms with E-state index in [0.717, 1.165) is 23.9 Å². The summed E-state index contributed by atoms with van der Waals surface area (Å²) < 4.78 is 15.1. The second-order valence-corrected chi connectivity index (χ2v) is 7.04. The molecule has 0 bridgehead atoms. The number of rotatable bonds is 8. The van der Waals surface area contributed by atoms with Crippen LogP contribution in [0.3, 0.4) is 0 Å². The fourth-order valence-electron chi connectivity index (χ4n) is 3.07. The molecule has 0 saturated carbocycles. The van der Waals surface area contributed by atoms with Crippen LogP contribution in [0.2, 0.25) is 0 Å². The van der Waals surface area contributed by atoms with Gasteiger partial charge in [-0.2, -0.15) is 0 Å². The van der Waals surface area contributed by atoms with Crippen LogP contribution in [0, 0.1) is 10.6 Å². The molecular weight excluding hydrogens is 377 g/mol. The van der Waals surface area contributed by atoms with Crippen LogP contribution >= 0.6 is 12.2 Å². The number of amides is 1. The molecule has 0 radical (unpaired) electrons. The van der Waals surface area contributed by atoms with Gasteiger partial charge in [0, 0.05) is 19.5 Å². The Kier molecular flexibility index (Phi) is 6.71. The molecule has 0 saturated heterocycles. The molecule has 0 spiro atoms. The summed E-state index contributed by atoms with van der Waals surface area (Å²) >= 11 is 5.29. The Labute approximate surface area is 167 Å². The number of aromatic amines is 1. The molecule has 146 valence electrons. The molecule has 0 unspecified atom stereocenters. The molecule has 1 aromatic heterocycles. The summed E-state index contributed by atoms with van der Waals surface area (Å²) in [5.74, 6) is -0.376. The minimum atomic E-state index is -0.311. The first-order valence-corrected chi connectivity index (χ1v) is 9.68. The molecule has 2 aromatic carbocycles. The van der Waals surface area contributed by atoms with Crippen LogP contribution in [0.4, 0.5) is 4.39 Å². The highest BCUT2D eigenvalue weighted by Crippen LogP contribution is 2.08. The largest absolute Gasteiger partial charge is 0.352 e. The molecule has 0 fully saturated rings. The van der Waals surface area contributed by atoms with E-state index in [1.807, 2.05) is 18.2 Å². The maximum atomic E-state index is 13.1. The van der Waals surface area contributed by atoms with Crippen LogP contribution in [-0.4, -0.2) is 15.5 Å². The summed E-state index contributed by atoms with van der Waals surface area (Å²) in [6.45, 7) is 0.835. The van der Waals surface area contributed by atoms with E-state index in [9.17, 15) is 14.0 Å². The van der Waals surface area contributed by atoms with Crippen molar-refractivity contribution in [3.05, 3.63) is 75.0 Å². The van der Waals surface area contributed by atoms with E-state index in [4.69, 9.17) is 12.2 Å². The first kappa shape index (κ1) is 19.9. The number of carbonyl (C=O) groups excluding carboxylic acids is 1. The molecule has 0 aliphatic carbocycles. The number of fused-ring (bicyclic) bond motifs is 1. The number of H-pyrrole nitrogens is 1. The van der Waals surface area contributed by atoms with Gasteiger partial charge in [0.25, 0.3) is 5.56 Å². The zero-order valence-corrected chi connectivity index (χ0v) is 16.2. The lowest BCUT2D eigenvalue weighted by Gasteiger charge is -2.08. The number of hydrogen-bond donors (Lipinski definition) is 2. The van der Waals surface area contributed by atoms with Crippen LogP contribution in [-0.2, 0) is 17.9 Å².